The van der Waals surface area contributed by atoms with Crippen LogP contribution in [0.5, 0.6) is 5.75 Å². The van der Waals surface area contributed by atoms with E-state index in [4.69, 9.17) is 10.5 Å². The Morgan fingerprint density at radius 2 is 1.68 bits per heavy atom. The van der Waals surface area contributed by atoms with E-state index < -0.39 is 6.04 Å². The lowest BCUT2D eigenvalue weighted by molar-refractivity contribution is -0.131. The van der Waals surface area contributed by atoms with Gasteiger partial charge < -0.3 is 15.4 Å². The second-order valence-corrected chi connectivity index (χ2v) is 6.25. The Kier molecular flexibility index (Phi) is 7.94. The lowest BCUT2D eigenvalue weighted by Crippen LogP contribution is -2.42. The predicted molar refractivity (Wildman–Crippen MR) is 104 cm³/mol. The van der Waals surface area contributed by atoms with Gasteiger partial charge in [0.15, 0.2) is 0 Å². The molecule has 1 amide bonds. The number of methoxy groups -OCH3 is 1. The van der Waals surface area contributed by atoms with Gasteiger partial charge in [0, 0.05) is 13.6 Å². The van der Waals surface area contributed by atoms with Gasteiger partial charge in [-0.2, -0.15) is 0 Å². The third-order valence-corrected chi connectivity index (χ3v) is 4.14. The summed E-state index contributed by atoms with van der Waals surface area (Å²) >= 11 is 0. The first kappa shape index (κ1) is 21.0. The van der Waals surface area contributed by atoms with Crippen molar-refractivity contribution in [2.75, 3.05) is 14.2 Å². The van der Waals surface area contributed by atoms with Crippen LogP contribution in [0.3, 0.4) is 0 Å². The number of halogens is 1. The molecule has 25 heavy (non-hydrogen) atoms. The molecule has 0 spiro atoms. The number of carbonyl (C=O) groups excluding carboxylic acids is 1. The lowest BCUT2D eigenvalue weighted by atomic mass is 10.0. The number of likely N-dealkylation sites (N-methyl/N-ethyl adjacent to an activating group) is 1. The highest BCUT2D eigenvalue weighted by atomic mass is 35.5. The van der Waals surface area contributed by atoms with Crippen LogP contribution in [0.1, 0.15) is 22.3 Å². The molecule has 2 aromatic rings. The standard InChI is InChI=1S/C20H26N2O2.ClH/c1-14-10-17(11-15(2)19(14)24-4)13-22(3)20(23)18(21)12-16-8-6-5-7-9-16;/h5-11,18H,12-13,21H2,1-4H3;1H/t18-;/m0./s1. The molecule has 0 aliphatic heterocycles. The number of rotatable bonds is 6. The van der Waals surface area contributed by atoms with Crippen molar-refractivity contribution in [3.63, 3.8) is 0 Å². The second kappa shape index (κ2) is 9.44. The fourth-order valence-corrected chi connectivity index (χ4v) is 3.04. The van der Waals surface area contributed by atoms with Gasteiger partial charge in [0.2, 0.25) is 5.91 Å². The summed E-state index contributed by atoms with van der Waals surface area (Å²) in [5.41, 5.74) is 10.4. The van der Waals surface area contributed by atoms with Crippen molar-refractivity contribution in [3.05, 3.63) is 64.7 Å². The largest absolute Gasteiger partial charge is 0.496 e. The summed E-state index contributed by atoms with van der Waals surface area (Å²) in [5.74, 6) is 0.846. The summed E-state index contributed by atoms with van der Waals surface area (Å²) in [6, 6.07) is 13.4. The van der Waals surface area contributed by atoms with E-state index in [9.17, 15) is 4.79 Å². The summed E-state index contributed by atoms with van der Waals surface area (Å²) in [5, 5.41) is 0. The Labute approximate surface area is 156 Å². The van der Waals surface area contributed by atoms with E-state index in [1.54, 1.807) is 19.1 Å². The molecule has 0 saturated carbocycles. The van der Waals surface area contributed by atoms with Crippen LogP contribution < -0.4 is 10.5 Å². The van der Waals surface area contributed by atoms with Gasteiger partial charge in [0.25, 0.3) is 0 Å². The van der Waals surface area contributed by atoms with Gasteiger partial charge in [0.1, 0.15) is 5.75 Å². The number of carbonyl (C=O) groups is 1. The molecule has 0 fully saturated rings. The maximum absolute atomic E-state index is 12.5. The van der Waals surface area contributed by atoms with Gasteiger partial charge >= 0.3 is 0 Å². The predicted octanol–water partition coefficient (Wildman–Crippen LogP) is 3.26. The molecule has 0 bridgehead atoms. The number of amides is 1. The average Bonchev–Trinajstić information content (AvgIpc) is 2.54. The molecule has 0 radical (unpaired) electrons. The molecule has 0 saturated heterocycles. The van der Waals surface area contributed by atoms with Gasteiger partial charge in [0.05, 0.1) is 13.2 Å². The van der Waals surface area contributed by atoms with Gasteiger partial charge in [-0.15, -0.1) is 12.4 Å². The first-order valence-corrected chi connectivity index (χ1v) is 8.11. The van der Waals surface area contributed by atoms with Gasteiger partial charge in [-0.05, 0) is 42.5 Å². The topological polar surface area (TPSA) is 55.6 Å². The minimum Gasteiger partial charge on any atom is -0.496 e. The second-order valence-electron chi connectivity index (χ2n) is 6.25. The van der Waals surface area contributed by atoms with Crippen LogP contribution in [0.15, 0.2) is 42.5 Å². The molecule has 0 unspecified atom stereocenters. The number of ether oxygens (including phenoxy) is 1. The van der Waals surface area contributed by atoms with Crippen molar-refractivity contribution in [1.82, 2.24) is 4.90 Å². The SMILES string of the molecule is COc1c(C)cc(CN(C)C(=O)[C@@H](N)Cc2ccccc2)cc1C.Cl. The van der Waals surface area contributed by atoms with Crippen LogP contribution in [0.25, 0.3) is 0 Å². The Morgan fingerprint density at radius 1 is 1.12 bits per heavy atom. The average molecular weight is 363 g/mol. The van der Waals surface area contributed by atoms with Crippen molar-refractivity contribution in [1.29, 1.82) is 0 Å². The van der Waals surface area contributed by atoms with Crippen LogP contribution in [-0.2, 0) is 17.8 Å². The molecule has 2 N–H and O–H groups in total. The maximum atomic E-state index is 12.5. The van der Waals surface area contributed by atoms with Crippen molar-refractivity contribution in [2.45, 2.75) is 32.9 Å². The van der Waals surface area contributed by atoms with E-state index >= 15 is 0 Å². The zero-order chi connectivity index (χ0) is 17.7. The third kappa shape index (κ3) is 5.48. The molecular formula is C20H27ClN2O2. The van der Waals surface area contributed by atoms with Crippen molar-refractivity contribution < 1.29 is 9.53 Å². The fourth-order valence-electron chi connectivity index (χ4n) is 3.04. The maximum Gasteiger partial charge on any atom is 0.239 e. The molecule has 4 nitrogen and oxygen atoms in total. The van der Waals surface area contributed by atoms with E-state index in [0.717, 1.165) is 28.0 Å². The molecule has 0 aromatic heterocycles. The highest BCUT2D eigenvalue weighted by Gasteiger charge is 2.19. The molecule has 2 aromatic carbocycles. The molecule has 5 heteroatoms. The smallest absolute Gasteiger partial charge is 0.239 e. The Balaban J connectivity index is 0.00000312. The fraction of sp³-hybridized carbons (Fsp3) is 0.350. The Bertz CT molecular complexity index is 681. The van der Waals surface area contributed by atoms with Crippen LogP contribution in [0.4, 0.5) is 0 Å². The first-order valence-electron chi connectivity index (χ1n) is 8.11. The van der Waals surface area contributed by atoms with E-state index in [0.29, 0.717) is 13.0 Å². The number of benzene rings is 2. The first-order chi connectivity index (χ1) is 11.4. The highest BCUT2D eigenvalue weighted by molar-refractivity contribution is 5.85. The number of hydrogen-bond acceptors (Lipinski definition) is 3. The molecule has 2 rings (SSSR count). The summed E-state index contributed by atoms with van der Waals surface area (Å²) < 4.78 is 5.39. The molecular weight excluding hydrogens is 336 g/mol. The number of hydrogen-bond donors (Lipinski definition) is 1. The molecule has 0 aliphatic rings. The van der Waals surface area contributed by atoms with E-state index in [2.05, 4.69) is 12.1 Å². The number of nitrogens with zero attached hydrogens (tertiary/aromatic N) is 1. The number of aryl methyl sites for hydroxylation is 2. The molecule has 0 aliphatic carbocycles. The van der Waals surface area contributed by atoms with Crippen LogP contribution in [-0.4, -0.2) is 31.0 Å². The van der Waals surface area contributed by atoms with Gasteiger partial charge in [-0.1, -0.05) is 42.5 Å². The van der Waals surface area contributed by atoms with E-state index in [1.165, 1.54) is 0 Å². The molecule has 0 heterocycles. The van der Waals surface area contributed by atoms with Gasteiger partial charge in [-0.25, -0.2) is 0 Å². The third-order valence-electron chi connectivity index (χ3n) is 4.14. The molecule has 136 valence electrons. The van der Waals surface area contributed by atoms with E-state index in [1.807, 2.05) is 44.2 Å². The van der Waals surface area contributed by atoms with Crippen molar-refractivity contribution in [3.8, 4) is 5.75 Å². The summed E-state index contributed by atoms with van der Waals surface area (Å²) in [7, 11) is 3.47. The molecule has 1 atom stereocenters. The summed E-state index contributed by atoms with van der Waals surface area (Å²) in [4.78, 5) is 14.2. The zero-order valence-corrected chi connectivity index (χ0v) is 16.1. The summed E-state index contributed by atoms with van der Waals surface area (Å²) in [6.45, 7) is 4.56. The summed E-state index contributed by atoms with van der Waals surface area (Å²) in [6.07, 6.45) is 0.546. The minimum atomic E-state index is -0.530. The minimum absolute atomic E-state index is 0. The van der Waals surface area contributed by atoms with Crippen LogP contribution in [0.2, 0.25) is 0 Å². The van der Waals surface area contributed by atoms with Crippen LogP contribution in [0, 0.1) is 13.8 Å². The van der Waals surface area contributed by atoms with Crippen molar-refractivity contribution in [2.24, 2.45) is 5.73 Å². The lowest BCUT2D eigenvalue weighted by Gasteiger charge is -2.22. The quantitative estimate of drug-likeness (QED) is 0.858. The van der Waals surface area contributed by atoms with Gasteiger partial charge in [-0.3, -0.25) is 4.79 Å². The number of nitrogens with two attached hydrogens (primary N) is 1. The van der Waals surface area contributed by atoms with Crippen LogP contribution >= 0.6 is 12.4 Å². The zero-order valence-electron chi connectivity index (χ0n) is 15.3. The van der Waals surface area contributed by atoms with Crippen molar-refractivity contribution >= 4 is 18.3 Å². The Morgan fingerprint density at radius 3 is 2.20 bits per heavy atom. The highest BCUT2D eigenvalue weighted by Crippen LogP contribution is 2.24. The Hall–Kier alpha value is -2.04. The monoisotopic (exact) mass is 362 g/mol. The van der Waals surface area contributed by atoms with E-state index in [-0.39, 0.29) is 18.3 Å². The normalized spacial score (nSPS) is 11.4.